The molecule has 2 heterocycles. The van der Waals surface area contributed by atoms with E-state index >= 15 is 0 Å². The SMILES string of the molecule is CCOC(=O)c1c(C)cc(=O)n(CC2CCSCC2)c1C. The van der Waals surface area contributed by atoms with Gasteiger partial charge in [0.1, 0.15) is 0 Å². The van der Waals surface area contributed by atoms with Crippen LogP contribution in [0.2, 0.25) is 0 Å². The standard InChI is InChI=1S/C16H23NO3S/c1-4-20-16(19)15-11(2)9-14(18)17(12(15)3)10-13-5-7-21-8-6-13/h9,13H,4-8,10H2,1-3H3. The third-order valence-corrected chi connectivity index (χ3v) is 5.08. The van der Waals surface area contributed by atoms with Gasteiger partial charge in [-0.2, -0.15) is 11.8 Å². The Bertz CT molecular complexity index is 574. The topological polar surface area (TPSA) is 48.3 Å². The maximum atomic E-state index is 12.3. The summed E-state index contributed by atoms with van der Waals surface area (Å²) in [6.07, 6.45) is 2.28. The third-order valence-electron chi connectivity index (χ3n) is 4.03. The maximum Gasteiger partial charge on any atom is 0.340 e. The molecule has 1 aliphatic heterocycles. The number of nitrogens with zero attached hydrogens (tertiary/aromatic N) is 1. The van der Waals surface area contributed by atoms with Crippen LogP contribution in [0.25, 0.3) is 0 Å². The van der Waals surface area contributed by atoms with E-state index in [1.807, 2.05) is 18.7 Å². The molecule has 0 bridgehead atoms. The van der Waals surface area contributed by atoms with Crippen LogP contribution in [0.5, 0.6) is 0 Å². The van der Waals surface area contributed by atoms with E-state index in [9.17, 15) is 9.59 Å². The van der Waals surface area contributed by atoms with Crippen molar-refractivity contribution in [2.24, 2.45) is 5.92 Å². The first-order valence-corrected chi connectivity index (χ1v) is 8.66. The minimum Gasteiger partial charge on any atom is -0.462 e. The normalized spacial score (nSPS) is 16.0. The molecule has 1 aromatic rings. The molecule has 0 unspecified atom stereocenters. The van der Waals surface area contributed by atoms with Crippen LogP contribution in [0, 0.1) is 19.8 Å². The van der Waals surface area contributed by atoms with Crippen molar-refractivity contribution in [3.63, 3.8) is 0 Å². The highest BCUT2D eigenvalue weighted by Crippen LogP contribution is 2.24. The number of thioether (sulfide) groups is 1. The van der Waals surface area contributed by atoms with Crippen molar-refractivity contribution >= 4 is 17.7 Å². The van der Waals surface area contributed by atoms with Crippen LogP contribution < -0.4 is 5.56 Å². The van der Waals surface area contributed by atoms with Crippen LogP contribution >= 0.6 is 11.8 Å². The van der Waals surface area contributed by atoms with Crippen LogP contribution in [0.3, 0.4) is 0 Å². The quantitative estimate of drug-likeness (QED) is 0.803. The van der Waals surface area contributed by atoms with Crippen LogP contribution in [0.4, 0.5) is 0 Å². The van der Waals surface area contributed by atoms with Gasteiger partial charge in [-0.05, 0) is 56.6 Å². The summed E-state index contributed by atoms with van der Waals surface area (Å²) in [4.78, 5) is 24.4. The monoisotopic (exact) mass is 309 g/mol. The molecule has 1 aliphatic rings. The molecule has 0 N–H and O–H groups in total. The van der Waals surface area contributed by atoms with Crippen molar-refractivity contribution in [3.8, 4) is 0 Å². The van der Waals surface area contributed by atoms with Crippen molar-refractivity contribution in [3.05, 3.63) is 33.2 Å². The van der Waals surface area contributed by atoms with E-state index in [-0.39, 0.29) is 11.5 Å². The smallest absolute Gasteiger partial charge is 0.340 e. The number of hydrogen-bond donors (Lipinski definition) is 0. The zero-order chi connectivity index (χ0) is 15.4. The lowest BCUT2D eigenvalue weighted by Crippen LogP contribution is -2.30. The minimum atomic E-state index is -0.333. The Labute approximate surface area is 129 Å². The maximum absolute atomic E-state index is 12.3. The zero-order valence-electron chi connectivity index (χ0n) is 13.0. The summed E-state index contributed by atoms with van der Waals surface area (Å²) < 4.78 is 6.87. The second-order valence-electron chi connectivity index (χ2n) is 5.51. The lowest BCUT2D eigenvalue weighted by molar-refractivity contribution is 0.0523. The van der Waals surface area contributed by atoms with Crippen molar-refractivity contribution in [2.75, 3.05) is 18.1 Å². The fourth-order valence-corrected chi connectivity index (χ4v) is 4.05. The molecule has 1 saturated heterocycles. The number of hydrogen-bond acceptors (Lipinski definition) is 4. The molecule has 0 atom stereocenters. The van der Waals surface area contributed by atoms with Crippen LogP contribution in [-0.2, 0) is 11.3 Å². The van der Waals surface area contributed by atoms with Gasteiger partial charge in [0.2, 0.25) is 0 Å². The molecule has 0 aliphatic carbocycles. The van der Waals surface area contributed by atoms with Gasteiger partial charge < -0.3 is 9.30 Å². The van der Waals surface area contributed by atoms with E-state index in [4.69, 9.17) is 4.74 Å². The second-order valence-corrected chi connectivity index (χ2v) is 6.74. The van der Waals surface area contributed by atoms with E-state index in [2.05, 4.69) is 0 Å². The lowest BCUT2D eigenvalue weighted by atomic mass is 10.0. The van der Waals surface area contributed by atoms with E-state index in [1.54, 1.807) is 24.5 Å². The van der Waals surface area contributed by atoms with Gasteiger partial charge in [-0.1, -0.05) is 0 Å². The Hall–Kier alpha value is -1.23. The molecule has 0 saturated carbocycles. The molecule has 116 valence electrons. The predicted octanol–water partition coefficient (Wildman–Crippen LogP) is 2.79. The largest absolute Gasteiger partial charge is 0.462 e. The molecule has 0 spiro atoms. The van der Waals surface area contributed by atoms with Crippen molar-refractivity contribution in [2.45, 2.75) is 40.2 Å². The Morgan fingerprint density at radius 1 is 1.38 bits per heavy atom. The summed E-state index contributed by atoms with van der Waals surface area (Å²) in [6.45, 7) is 6.48. The van der Waals surface area contributed by atoms with Gasteiger partial charge in [-0.25, -0.2) is 4.79 Å². The van der Waals surface area contributed by atoms with Gasteiger partial charge in [0, 0.05) is 18.3 Å². The molecule has 0 amide bonds. The molecule has 21 heavy (non-hydrogen) atoms. The van der Waals surface area contributed by atoms with E-state index < -0.39 is 0 Å². The molecule has 1 aromatic heterocycles. The molecule has 2 rings (SSSR count). The Balaban J connectivity index is 2.34. The van der Waals surface area contributed by atoms with Gasteiger partial charge >= 0.3 is 5.97 Å². The molecular formula is C16H23NO3S. The van der Waals surface area contributed by atoms with Crippen LogP contribution in [-0.4, -0.2) is 28.6 Å². The van der Waals surface area contributed by atoms with E-state index in [0.29, 0.717) is 30.2 Å². The number of aromatic nitrogens is 1. The molecule has 0 radical (unpaired) electrons. The predicted molar refractivity (Wildman–Crippen MR) is 86.2 cm³/mol. The third kappa shape index (κ3) is 3.70. The summed E-state index contributed by atoms with van der Waals surface area (Å²) >= 11 is 1.97. The highest BCUT2D eigenvalue weighted by molar-refractivity contribution is 7.99. The molecule has 0 aromatic carbocycles. The van der Waals surface area contributed by atoms with Crippen LogP contribution in [0.15, 0.2) is 10.9 Å². The zero-order valence-corrected chi connectivity index (χ0v) is 13.8. The Morgan fingerprint density at radius 2 is 2.05 bits per heavy atom. The van der Waals surface area contributed by atoms with Crippen molar-refractivity contribution < 1.29 is 9.53 Å². The number of aryl methyl sites for hydroxylation is 1. The van der Waals surface area contributed by atoms with Gasteiger partial charge in [0.25, 0.3) is 5.56 Å². The number of esters is 1. The minimum absolute atomic E-state index is 0.0173. The van der Waals surface area contributed by atoms with E-state index in [1.165, 1.54) is 0 Å². The number of carbonyl (C=O) groups is 1. The van der Waals surface area contributed by atoms with Crippen LogP contribution in [0.1, 0.15) is 41.4 Å². The highest BCUT2D eigenvalue weighted by atomic mass is 32.2. The first kappa shape index (κ1) is 16.1. The van der Waals surface area contributed by atoms with Gasteiger partial charge in [0.15, 0.2) is 0 Å². The average molecular weight is 309 g/mol. The fourth-order valence-electron chi connectivity index (χ4n) is 2.85. The van der Waals surface area contributed by atoms with Crippen molar-refractivity contribution in [1.82, 2.24) is 4.57 Å². The molecule has 1 fully saturated rings. The number of pyridine rings is 1. The van der Waals surface area contributed by atoms with E-state index in [0.717, 1.165) is 30.0 Å². The lowest BCUT2D eigenvalue weighted by Gasteiger charge is -2.24. The Kier molecular flexibility index (Phi) is 5.51. The van der Waals surface area contributed by atoms with Gasteiger partial charge in [-0.3, -0.25) is 4.79 Å². The Morgan fingerprint density at radius 3 is 2.67 bits per heavy atom. The van der Waals surface area contributed by atoms with Crippen molar-refractivity contribution in [1.29, 1.82) is 0 Å². The number of rotatable bonds is 4. The molecule has 5 heteroatoms. The summed E-state index contributed by atoms with van der Waals surface area (Å²) in [5, 5.41) is 0. The first-order chi connectivity index (χ1) is 10.0. The molecule has 4 nitrogen and oxygen atoms in total. The first-order valence-electron chi connectivity index (χ1n) is 7.50. The average Bonchev–Trinajstić information content (AvgIpc) is 2.44. The summed E-state index contributed by atoms with van der Waals surface area (Å²) in [6, 6.07) is 1.55. The van der Waals surface area contributed by atoms with Gasteiger partial charge in [-0.15, -0.1) is 0 Å². The summed E-state index contributed by atoms with van der Waals surface area (Å²) in [5.41, 5.74) is 1.96. The second kappa shape index (κ2) is 7.16. The molecular weight excluding hydrogens is 286 g/mol. The number of ether oxygens (including phenoxy) is 1. The summed E-state index contributed by atoms with van der Waals surface area (Å²) in [5.74, 6) is 2.52. The highest BCUT2D eigenvalue weighted by Gasteiger charge is 2.21. The number of carbonyl (C=O) groups excluding carboxylic acids is 1. The fraction of sp³-hybridized carbons (Fsp3) is 0.625. The van der Waals surface area contributed by atoms with Gasteiger partial charge in [0.05, 0.1) is 12.2 Å². The summed E-state index contributed by atoms with van der Waals surface area (Å²) in [7, 11) is 0.